The summed E-state index contributed by atoms with van der Waals surface area (Å²) >= 11 is 0. The third-order valence-electron chi connectivity index (χ3n) is 4.13. The Kier molecular flexibility index (Phi) is 7.92. The number of ether oxygens (including phenoxy) is 1. The van der Waals surface area contributed by atoms with E-state index in [1.165, 1.54) is 38.5 Å². The average molecular weight is 256 g/mol. The van der Waals surface area contributed by atoms with Gasteiger partial charge in [-0.1, -0.05) is 46.0 Å². The van der Waals surface area contributed by atoms with E-state index in [-0.39, 0.29) is 12.2 Å². The number of hydrogen-bond donors (Lipinski definition) is 1. The summed E-state index contributed by atoms with van der Waals surface area (Å²) in [6.07, 6.45) is 9.53. The lowest BCUT2D eigenvalue weighted by molar-refractivity contribution is -0.0753. The fraction of sp³-hybridized carbons (Fsp3) is 1.00. The summed E-state index contributed by atoms with van der Waals surface area (Å²) in [5.41, 5.74) is 0. The number of aliphatic hydroxyl groups excluding tert-OH is 1. The molecule has 18 heavy (non-hydrogen) atoms. The third-order valence-corrected chi connectivity index (χ3v) is 4.13. The van der Waals surface area contributed by atoms with Crippen LogP contribution in [0.1, 0.15) is 72.1 Å². The van der Waals surface area contributed by atoms with Gasteiger partial charge in [-0.05, 0) is 38.0 Å². The van der Waals surface area contributed by atoms with E-state index < -0.39 is 0 Å². The van der Waals surface area contributed by atoms with Crippen LogP contribution in [-0.4, -0.2) is 23.9 Å². The fourth-order valence-corrected chi connectivity index (χ4v) is 3.12. The van der Waals surface area contributed by atoms with Gasteiger partial charge in [-0.2, -0.15) is 0 Å². The minimum atomic E-state index is -0.258. The minimum Gasteiger partial charge on any atom is -0.390 e. The van der Waals surface area contributed by atoms with E-state index in [0.29, 0.717) is 5.92 Å². The van der Waals surface area contributed by atoms with Crippen molar-refractivity contribution >= 4 is 0 Å². The first-order valence-electron chi connectivity index (χ1n) is 7.94. The van der Waals surface area contributed by atoms with Gasteiger partial charge in [-0.25, -0.2) is 0 Å². The van der Waals surface area contributed by atoms with Crippen molar-refractivity contribution in [3.63, 3.8) is 0 Å². The van der Waals surface area contributed by atoms with Crippen LogP contribution in [0, 0.1) is 11.8 Å². The van der Waals surface area contributed by atoms with Crippen LogP contribution in [0.3, 0.4) is 0 Å². The zero-order chi connectivity index (χ0) is 13.4. The molecule has 108 valence electrons. The quantitative estimate of drug-likeness (QED) is 0.706. The number of aliphatic hydroxyl groups is 1. The maximum Gasteiger partial charge on any atom is 0.0861 e. The van der Waals surface area contributed by atoms with E-state index >= 15 is 0 Å². The smallest absolute Gasteiger partial charge is 0.0861 e. The maximum absolute atomic E-state index is 10.4. The third kappa shape index (κ3) is 5.71. The second kappa shape index (κ2) is 8.92. The molecule has 1 fully saturated rings. The largest absolute Gasteiger partial charge is 0.390 e. The highest BCUT2D eigenvalue weighted by Gasteiger charge is 2.29. The summed E-state index contributed by atoms with van der Waals surface area (Å²) in [5.74, 6) is 1.32. The lowest BCUT2D eigenvalue weighted by atomic mass is 9.82. The zero-order valence-electron chi connectivity index (χ0n) is 12.5. The molecule has 1 saturated carbocycles. The molecule has 0 aromatic carbocycles. The highest BCUT2D eigenvalue weighted by atomic mass is 16.5. The Labute approximate surface area is 113 Å². The van der Waals surface area contributed by atoms with E-state index in [9.17, 15) is 5.11 Å². The first-order valence-corrected chi connectivity index (χ1v) is 7.94. The van der Waals surface area contributed by atoms with Gasteiger partial charge in [-0.15, -0.1) is 0 Å². The molecule has 0 saturated heterocycles. The van der Waals surface area contributed by atoms with Crippen LogP contribution in [0.5, 0.6) is 0 Å². The van der Waals surface area contributed by atoms with Crippen LogP contribution in [0.15, 0.2) is 0 Å². The molecular formula is C16H32O2. The molecule has 0 spiro atoms. The minimum absolute atomic E-state index is 0.0856. The van der Waals surface area contributed by atoms with E-state index in [0.717, 1.165) is 25.4 Å². The van der Waals surface area contributed by atoms with Crippen molar-refractivity contribution in [1.29, 1.82) is 0 Å². The maximum atomic E-state index is 10.4. The molecule has 0 bridgehead atoms. The van der Waals surface area contributed by atoms with Crippen LogP contribution in [0.4, 0.5) is 0 Å². The summed E-state index contributed by atoms with van der Waals surface area (Å²) in [5, 5.41) is 10.4. The molecule has 2 heteroatoms. The van der Waals surface area contributed by atoms with Gasteiger partial charge in [0.1, 0.15) is 0 Å². The number of hydrogen-bond acceptors (Lipinski definition) is 2. The van der Waals surface area contributed by atoms with Gasteiger partial charge in [0.15, 0.2) is 0 Å². The Morgan fingerprint density at radius 1 is 1.11 bits per heavy atom. The predicted octanol–water partition coefficient (Wildman–Crippen LogP) is 4.16. The Hall–Kier alpha value is -0.0800. The van der Waals surface area contributed by atoms with E-state index in [1.807, 2.05) is 6.92 Å². The topological polar surface area (TPSA) is 29.5 Å². The zero-order valence-corrected chi connectivity index (χ0v) is 12.5. The van der Waals surface area contributed by atoms with Crippen molar-refractivity contribution in [2.45, 2.75) is 84.3 Å². The molecule has 1 aliphatic rings. The molecule has 2 unspecified atom stereocenters. The number of rotatable bonds is 8. The molecule has 1 N–H and O–H groups in total. The van der Waals surface area contributed by atoms with E-state index in [4.69, 9.17) is 4.74 Å². The molecule has 2 atom stereocenters. The summed E-state index contributed by atoms with van der Waals surface area (Å²) in [4.78, 5) is 0. The normalized spacial score (nSPS) is 21.2. The average Bonchev–Trinajstić information content (AvgIpc) is 2.36. The van der Waals surface area contributed by atoms with E-state index in [1.54, 1.807) is 0 Å². The lowest BCUT2D eigenvalue weighted by Gasteiger charge is -2.33. The monoisotopic (exact) mass is 256 g/mol. The Balaban J connectivity index is 2.38. The molecule has 2 nitrogen and oxygen atoms in total. The fourth-order valence-electron chi connectivity index (χ4n) is 3.12. The second-order valence-electron chi connectivity index (χ2n) is 6.21. The Bertz CT molecular complexity index is 197. The van der Waals surface area contributed by atoms with Gasteiger partial charge in [0.2, 0.25) is 0 Å². The molecule has 0 aromatic rings. The van der Waals surface area contributed by atoms with Crippen molar-refractivity contribution in [2.24, 2.45) is 11.8 Å². The highest BCUT2D eigenvalue weighted by molar-refractivity contribution is 4.80. The van der Waals surface area contributed by atoms with Gasteiger partial charge >= 0.3 is 0 Å². The van der Waals surface area contributed by atoms with Gasteiger partial charge in [0.25, 0.3) is 0 Å². The van der Waals surface area contributed by atoms with Crippen LogP contribution in [0.25, 0.3) is 0 Å². The molecule has 0 heterocycles. The first-order chi connectivity index (χ1) is 8.65. The predicted molar refractivity (Wildman–Crippen MR) is 76.7 cm³/mol. The SMILES string of the molecule is CCOC(C(O)CCCC(C)C)C1CCCCC1. The van der Waals surface area contributed by atoms with Crippen molar-refractivity contribution in [2.75, 3.05) is 6.61 Å². The van der Waals surface area contributed by atoms with Crippen LogP contribution < -0.4 is 0 Å². The van der Waals surface area contributed by atoms with Crippen molar-refractivity contribution in [1.82, 2.24) is 0 Å². The lowest BCUT2D eigenvalue weighted by Crippen LogP contribution is -2.37. The first kappa shape index (κ1) is 16.0. The van der Waals surface area contributed by atoms with Crippen LogP contribution >= 0.6 is 0 Å². The summed E-state index contributed by atoms with van der Waals surface area (Å²) in [6.45, 7) is 7.25. The highest BCUT2D eigenvalue weighted by Crippen LogP contribution is 2.30. The molecule has 0 radical (unpaired) electrons. The van der Waals surface area contributed by atoms with Crippen molar-refractivity contribution < 1.29 is 9.84 Å². The standard InChI is InChI=1S/C16H32O2/c1-4-18-16(14-10-6-5-7-11-14)15(17)12-8-9-13(2)3/h13-17H,4-12H2,1-3H3. The summed E-state index contributed by atoms with van der Waals surface area (Å²) < 4.78 is 5.85. The van der Waals surface area contributed by atoms with Gasteiger partial charge in [0.05, 0.1) is 12.2 Å². The van der Waals surface area contributed by atoms with Crippen LogP contribution in [0.2, 0.25) is 0 Å². The Morgan fingerprint density at radius 3 is 2.33 bits per heavy atom. The second-order valence-corrected chi connectivity index (χ2v) is 6.21. The van der Waals surface area contributed by atoms with E-state index in [2.05, 4.69) is 13.8 Å². The molecule has 1 rings (SSSR count). The van der Waals surface area contributed by atoms with Gasteiger partial charge in [0, 0.05) is 6.61 Å². The van der Waals surface area contributed by atoms with Crippen molar-refractivity contribution in [3.8, 4) is 0 Å². The van der Waals surface area contributed by atoms with Gasteiger partial charge < -0.3 is 9.84 Å². The summed E-state index contributed by atoms with van der Waals surface area (Å²) in [7, 11) is 0. The molecule has 0 amide bonds. The van der Waals surface area contributed by atoms with Gasteiger partial charge in [-0.3, -0.25) is 0 Å². The molecular weight excluding hydrogens is 224 g/mol. The van der Waals surface area contributed by atoms with Crippen LogP contribution in [-0.2, 0) is 4.74 Å². The van der Waals surface area contributed by atoms with Crippen molar-refractivity contribution in [3.05, 3.63) is 0 Å². The summed E-state index contributed by atoms with van der Waals surface area (Å²) in [6, 6.07) is 0. The Morgan fingerprint density at radius 2 is 1.78 bits per heavy atom. The molecule has 0 aliphatic heterocycles. The molecule has 0 aromatic heterocycles. The molecule has 1 aliphatic carbocycles.